The van der Waals surface area contributed by atoms with Gasteiger partial charge >= 0.3 is 0 Å². The van der Waals surface area contributed by atoms with Gasteiger partial charge in [-0.15, -0.1) is 0 Å². The van der Waals surface area contributed by atoms with Gasteiger partial charge in [0, 0.05) is 0 Å². The number of rotatable bonds is 14. The largest absolute Gasteiger partial charge is 0.286 e. The molecular weight excluding hydrogens is 260 g/mol. The smallest absolute Gasteiger partial charge is 0.264 e. The molecule has 0 fully saturated rings. The first-order valence-electron chi connectivity index (χ1n) is 7.79. The van der Waals surface area contributed by atoms with Gasteiger partial charge in [0.2, 0.25) is 0 Å². The highest BCUT2D eigenvalue weighted by atomic mass is 32.2. The van der Waals surface area contributed by atoms with Gasteiger partial charge in [0.05, 0.1) is 5.75 Å². The SMILES string of the molecule is C[CH]CCCCCCCCCCCCCS(=O)(=O)O. The quantitative estimate of drug-likeness (QED) is 0.370. The van der Waals surface area contributed by atoms with E-state index in [1.807, 2.05) is 0 Å². The Bertz CT molecular complexity index is 273. The van der Waals surface area contributed by atoms with E-state index in [0.717, 1.165) is 12.8 Å². The Morgan fingerprint density at radius 2 is 1.11 bits per heavy atom. The Morgan fingerprint density at radius 3 is 1.47 bits per heavy atom. The topological polar surface area (TPSA) is 54.4 Å². The molecule has 0 aromatic rings. The second-order valence-electron chi connectivity index (χ2n) is 5.37. The van der Waals surface area contributed by atoms with E-state index in [1.54, 1.807) is 0 Å². The van der Waals surface area contributed by atoms with Crippen LogP contribution in [0, 0.1) is 6.42 Å². The van der Waals surface area contributed by atoms with Crippen LogP contribution in [0.2, 0.25) is 0 Å². The molecule has 115 valence electrons. The summed E-state index contributed by atoms with van der Waals surface area (Å²) in [5.41, 5.74) is 0. The van der Waals surface area contributed by atoms with Crippen LogP contribution in [0.15, 0.2) is 0 Å². The summed E-state index contributed by atoms with van der Waals surface area (Å²) in [7, 11) is -3.74. The normalized spacial score (nSPS) is 11.9. The summed E-state index contributed by atoms with van der Waals surface area (Å²) in [6, 6.07) is 0. The van der Waals surface area contributed by atoms with E-state index in [1.165, 1.54) is 57.8 Å². The molecule has 0 heterocycles. The minimum Gasteiger partial charge on any atom is -0.286 e. The van der Waals surface area contributed by atoms with Crippen LogP contribution in [0.5, 0.6) is 0 Å². The van der Waals surface area contributed by atoms with Gasteiger partial charge in [-0.25, -0.2) is 0 Å². The van der Waals surface area contributed by atoms with Crippen molar-refractivity contribution in [3.05, 3.63) is 6.42 Å². The molecule has 1 N–H and O–H groups in total. The minimum absolute atomic E-state index is 0.0812. The summed E-state index contributed by atoms with van der Waals surface area (Å²) < 4.78 is 29.5. The van der Waals surface area contributed by atoms with E-state index in [9.17, 15) is 8.42 Å². The zero-order valence-corrected chi connectivity index (χ0v) is 13.3. The van der Waals surface area contributed by atoms with Crippen molar-refractivity contribution in [3.63, 3.8) is 0 Å². The second kappa shape index (κ2) is 12.9. The van der Waals surface area contributed by atoms with Crippen molar-refractivity contribution >= 4 is 10.1 Å². The first-order chi connectivity index (χ1) is 9.06. The Labute approximate surface area is 119 Å². The molecule has 0 bridgehead atoms. The average molecular weight is 291 g/mol. The van der Waals surface area contributed by atoms with Gasteiger partial charge in [-0.3, -0.25) is 4.55 Å². The van der Waals surface area contributed by atoms with Gasteiger partial charge in [-0.05, 0) is 12.8 Å². The lowest BCUT2D eigenvalue weighted by atomic mass is 10.1. The van der Waals surface area contributed by atoms with Gasteiger partial charge < -0.3 is 0 Å². The predicted molar refractivity (Wildman–Crippen MR) is 81.8 cm³/mol. The first-order valence-corrected chi connectivity index (χ1v) is 9.40. The molecule has 0 aliphatic heterocycles. The lowest BCUT2D eigenvalue weighted by Crippen LogP contribution is -2.03. The molecule has 0 saturated heterocycles. The van der Waals surface area contributed by atoms with Gasteiger partial charge in [0.1, 0.15) is 0 Å². The van der Waals surface area contributed by atoms with E-state index in [-0.39, 0.29) is 5.75 Å². The second-order valence-corrected chi connectivity index (χ2v) is 6.94. The highest BCUT2D eigenvalue weighted by molar-refractivity contribution is 7.85. The molecule has 0 spiro atoms. The fourth-order valence-corrected chi connectivity index (χ4v) is 2.79. The van der Waals surface area contributed by atoms with Gasteiger partial charge in [-0.2, -0.15) is 8.42 Å². The minimum atomic E-state index is -3.74. The molecule has 0 amide bonds. The van der Waals surface area contributed by atoms with Crippen LogP contribution < -0.4 is 0 Å². The van der Waals surface area contributed by atoms with E-state index in [2.05, 4.69) is 13.3 Å². The van der Waals surface area contributed by atoms with Crippen molar-refractivity contribution in [1.29, 1.82) is 0 Å². The van der Waals surface area contributed by atoms with Crippen molar-refractivity contribution in [2.24, 2.45) is 0 Å². The highest BCUT2D eigenvalue weighted by Gasteiger charge is 2.02. The molecule has 0 aromatic carbocycles. The maximum absolute atomic E-state index is 10.5. The summed E-state index contributed by atoms with van der Waals surface area (Å²) in [5, 5.41) is 0. The molecule has 0 aliphatic rings. The summed E-state index contributed by atoms with van der Waals surface area (Å²) >= 11 is 0. The van der Waals surface area contributed by atoms with Gasteiger partial charge in [0.25, 0.3) is 10.1 Å². The molecule has 0 saturated carbocycles. The zero-order chi connectivity index (χ0) is 14.4. The molecule has 4 heteroatoms. The van der Waals surface area contributed by atoms with Crippen LogP contribution in [0.4, 0.5) is 0 Å². The van der Waals surface area contributed by atoms with Gasteiger partial charge in [0.15, 0.2) is 0 Å². The molecule has 0 rings (SSSR count). The number of hydrogen-bond acceptors (Lipinski definition) is 2. The average Bonchev–Trinajstić information content (AvgIpc) is 2.34. The van der Waals surface area contributed by atoms with Crippen LogP contribution in [0.1, 0.15) is 84.0 Å². The summed E-state index contributed by atoms with van der Waals surface area (Å²) in [5.74, 6) is -0.0812. The maximum Gasteiger partial charge on any atom is 0.264 e. The first kappa shape index (κ1) is 18.9. The molecular formula is C15H31O3S. The summed E-state index contributed by atoms with van der Waals surface area (Å²) in [6.45, 7) is 2.12. The molecule has 0 aromatic heterocycles. The molecule has 3 nitrogen and oxygen atoms in total. The fourth-order valence-electron chi connectivity index (χ4n) is 2.22. The van der Waals surface area contributed by atoms with Crippen LogP contribution in [0.25, 0.3) is 0 Å². The summed E-state index contributed by atoms with van der Waals surface area (Å²) in [6.07, 6.45) is 16.6. The van der Waals surface area contributed by atoms with Crippen LogP contribution in [0.3, 0.4) is 0 Å². The predicted octanol–water partition coefficient (Wildman–Crippen LogP) is 4.78. The van der Waals surface area contributed by atoms with Crippen molar-refractivity contribution in [2.45, 2.75) is 84.0 Å². The third-order valence-corrected chi connectivity index (χ3v) is 4.20. The number of unbranched alkanes of at least 4 members (excludes halogenated alkanes) is 12. The van der Waals surface area contributed by atoms with E-state index >= 15 is 0 Å². The van der Waals surface area contributed by atoms with E-state index in [0.29, 0.717) is 6.42 Å². The Balaban J connectivity index is 3.03. The zero-order valence-electron chi connectivity index (χ0n) is 12.4. The molecule has 0 aliphatic carbocycles. The van der Waals surface area contributed by atoms with Gasteiger partial charge in [-0.1, -0.05) is 77.6 Å². The Morgan fingerprint density at radius 1 is 0.737 bits per heavy atom. The van der Waals surface area contributed by atoms with Crippen LogP contribution in [-0.4, -0.2) is 18.7 Å². The van der Waals surface area contributed by atoms with E-state index in [4.69, 9.17) is 4.55 Å². The highest BCUT2D eigenvalue weighted by Crippen LogP contribution is 2.12. The maximum atomic E-state index is 10.5. The Hall–Kier alpha value is -0.0900. The molecule has 1 radical (unpaired) electrons. The standard InChI is InChI=1S/C15H31O3S/c1-2-3-4-5-6-7-8-9-10-11-12-13-14-15-19(16,17)18/h2H,3-15H2,1H3,(H,16,17,18). The van der Waals surface area contributed by atoms with Crippen molar-refractivity contribution in [1.82, 2.24) is 0 Å². The Kier molecular flexibility index (Phi) is 12.9. The van der Waals surface area contributed by atoms with Crippen molar-refractivity contribution < 1.29 is 13.0 Å². The molecule has 19 heavy (non-hydrogen) atoms. The third-order valence-electron chi connectivity index (χ3n) is 3.40. The number of hydrogen-bond donors (Lipinski definition) is 1. The fraction of sp³-hybridized carbons (Fsp3) is 0.933. The molecule has 0 atom stereocenters. The molecule has 0 unspecified atom stereocenters. The monoisotopic (exact) mass is 291 g/mol. The van der Waals surface area contributed by atoms with Crippen molar-refractivity contribution in [3.8, 4) is 0 Å². The lowest BCUT2D eigenvalue weighted by Gasteiger charge is -2.02. The van der Waals surface area contributed by atoms with E-state index < -0.39 is 10.1 Å². The van der Waals surface area contributed by atoms with Crippen LogP contribution in [-0.2, 0) is 10.1 Å². The third kappa shape index (κ3) is 17.9. The van der Waals surface area contributed by atoms with Crippen LogP contribution >= 0.6 is 0 Å². The lowest BCUT2D eigenvalue weighted by molar-refractivity contribution is 0.478. The summed E-state index contributed by atoms with van der Waals surface area (Å²) in [4.78, 5) is 0. The van der Waals surface area contributed by atoms with Crippen molar-refractivity contribution in [2.75, 3.05) is 5.75 Å².